The molecule has 3 rings (SSSR count). The first kappa shape index (κ1) is 18.7. The Morgan fingerprint density at radius 2 is 1.85 bits per heavy atom. The van der Waals surface area contributed by atoms with E-state index in [0.717, 1.165) is 29.4 Å². The van der Waals surface area contributed by atoms with Gasteiger partial charge in [-0.05, 0) is 60.5 Å². The number of hydrogen-bond donors (Lipinski definition) is 2. The molecule has 3 aromatic rings. The lowest BCUT2D eigenvalue weighted by molar-refractivity contribution is 0.102. The number of hydrogen-bond acceptors (Lipinski definition) is 4. The molecular weight excluding hydrogens is 362 g/mol. The summed E-state index contributed by atoms with van der Waals surface area (Å²) in [7, 11) is 1.60. The quantitative estimate of drug-likeness (QED) is 0.625. The number of nitrogens with one attached hydrogen (secondary N) is 2. The second-order valence-corrected chi connectivity index (χ2v) is 6.36. The molecule has 27 heavy (non-hydrogen) atoms. The lowest BCUT2D eigenvalue weighted by Gasteiger charge is -2.08. The molecule has 2 N–H and O–H groups in total. The number of carbonyl (C=O) groups excluding carboxylic acids is 1. The molecule has 0 aliphatic heterocycles. The number of halogens is 1. The van der Waals surface area contributed by atoms with Crippen molar-refractivity contribution in [1.82, 2.24) is 4.98 Å². The van der Waals surface area contributed by atoms with Gasteiger partial charge in [0.25, 0.3) is 5.91 Å². The molecule has 6 heteroatoms. The number of ether oxygens (including phenoxy) is 1. The maximum absolute atomic E-state index is 12.3. The Morgan fingerprint density at radius 3 is 2.52 bits per heavy atom. The summed E-state index contributed by atoms with van der Waals surface area (Å²) in [5.74, 6) is 0.477. The van der Waals surface area contributed by atoms with E-state index < -0.39 is 0 Å². The average molecular weight is 382 g/mol. The molecule has 1 heterocycles. The number of anilines is 2. The Hall–Kier alpha value is -3.05. The predicted molar refractivity (Wildman–Crippen MR) is 109 cm³/mol. The standard InChI is InChI=1S/C21H20ClN3O2/c1-27-19-8-5-17(6-9-19)25-21(26)20-10-7-18(14-24-20)23-12-11-15-3-2-4-16(22)13-15/h2-10,13-14,23H,11-12H2,1H3,(H,25,26). The van der Waals surface area contributed by atoms with E-state index in [1.807, 2.05) is 30.3 Å². The monoisotopic (exact) mass is 381 g/mol. The fourth-order valence-corrected chi connectivity index (χ4v) is 2.76. The molecule has 0 saturated carbocycles. The van der Waals surface area contributed by atoms with Crippen LogP contribution < -0.4 is 15.4 Å². The molecule has 1 amide bonds. The molecule has 138 valence electrons. The number of benzene rings is 2. The highest BCUT2D eigenvalue weighted by molar-refractivity contribution is 6.30. The Bertz CT molecular complexity index is 896. The SMILES string of the molecule is COc1ccc(NC(=O)c2ccc(NCCc3cccc(Cl)c3)cn2)cc1. The maximum Gasteiger partial charge on any atom is 0.274 e. The van der Waals surface area contributed by atoms with Crippen molar-refractivity contribution in [2.45, 2.75) is 6.42 Å². The van der Waals surface area contributed by atoms with Crippen LogP contribution in [0, 0.1) is 0 Å². The number of amides is 1. The number of pyridine rings is 1. The molecule has 0 bridgehead atoms. The van der Waals surface area contributed by atoms with Gasteiger partial charge < -0.3 is 15.4 Å². The van der Waals surface area contributed by atoms with E-state index in [1.54, 1.807) is 43.6 Å². The lowest BCUT2D eigenvalue weighted by atomic mass is 10.1. The van der Waals surface area contributed by atoms with Gasteiger partial charge in [0.1, 0.15) is 11.4 Å². The molecule has 2 aromatic carbocycles. The summed E-state index contributed by atoms with van der Waals surface area (Å²) in [5.41, 5.74) is 3.06. The fourth-order valence-electron chi connectivity index (χ4n) is 2.55. The van der Waals surface area contributed by atoms with Crippen LogP contribution in [-0.4, -0.2) is 24.5 Å². The van der Waals surface area contributed by atoms with Crippen LogP contribution in [0.5, 0.6) is 5.75 Å². The van der Waals surface area contributed by atoms with Gasteiger partial charge in [-0.25, -0.2) is 4.98 Å². The molecule has 0 aliphatic carbocycles. The van der Waals surface area contributed by atoms with Gasteiger partial charge in [0, 0.05) is 17.3 Å². The predicted octanol–water partition coefficient (Wildman–Crippen LogP) is 4.65. The second kappa shape index (κ2) is 9.05. The molecule has 5 nitrogen and oxygen atoms in total. The van der Waals surface area contributed by atoms with E-state index in [2.05, 4.69) is 15.6 Å². The Morgan fingerprint density at radius 1 is 1.07 bits per heavy atom. The van der Waals surface area contributed by atoms with Crippen LogP contribution in [-0.2, 0) is 6.42 Å². The zero-order valence-electron chi connectivity index (χ0n) is 14.9. The first-order valence-corrected chi connectivity index (χ1v) is 8.91. The van der Waals surface area contributed by atoms with Gasteiger partial charge in [-0.15, -0.1) is 0 Å². The number of aromatic nitrogens is 1. The lowest BCUT2D eigenvalue weighted by Crippen LogP contribution is -2.14. The largest absolute Gasteiger partial charge is 0.497 e. The summed E-state index contributed by atoms with van der Waals surface area (Å²) in [6.45, 7) is 0.749. The molecule has 0 atom stereocenters. The van der Waals surface area contributed by atoms with E-state index in [1.165, 1.54) is 5.56 Å². The van der Waals surface area contributed by atoms with E-state index in [9.17, 15) is 4.79 Å². The molecule has 0 radical (unpaired) electrons. The first-order valence-electron chi connectivity index (χ1n) is 8.54. The van der Waals surface area contributed by atoms with Gasteiger partial charge in [-0.1, -0.05) is 23.7 Å². The molecule has 0 fully saturated rings. The van der Waals surface area contributed by atoms with Gasteiger partial charge >= 0.3 is 0 Å². The van der Waals surface area contributed by atoms with Gasteiger partial charge in [-0.2, -0.15) is 0 Å². The third kappa shape index (κ3) is 5.46. The zero-order valence-corrected chi connectivity index (χ0v) is 15.7. The van der Waals surface area contributed by atoms with Gasteiger partial charge in [0.15, 0.2) is 0 Å². The minimum atomic E-state index is -0.259. The Labute approximate surface area is 163 Å². The highest BCUT2D eigenvalue weighted by atomic mass is 35.5. The minimum absolute atomic E-state index is 0.259. The van der Waals surface area contributed by atoms with E-state index in [4.69, 9.17) is 16.3 Å². The van der Waals surface area contributed by atoms with Crippen molar-refractivity contribution in [2.75, 3.05) is 24.3 Å². The highest BCUT2D eigenvalue weighted by Gasteiger charge is 2.08. The molecular formula is C21H20ClN3O2. The number of methoxy groups -OCH3 is 1. The minimum Gasteiger partial charge on any atom is -0.497 e. The van der Waals surface area contributed by atoms with Crippen LogP contribution >= 0.6 is 11.6 Å². The first-order chi connectivity index (χ1) is 13.1. The summed E-state index contributed by atoms with van der Waals surface area (Å²) >= 11 is 5.99. The van der Waals surface area contributed by atoms with Gasteiger partial charge in [0.05, 0.1) is 19.0 Å². The zero-order chi connectivity index (χ0) is 19.1. The van der Waals surface area contributed by atoms with E-state index >= 15 is 0 Å². The van der Waals surface area contributed by atoms with Crippen LogP contribution in [0.15, 0.2) is 66.9 Å². The number of rotatable bonds is 7. The Kier molecular flexibility index (Phi) is 6.28. The molecule has 0 aliphatic rings. The normalized spacial score (nSPS) is 10.3. The van der Waals surface area contributed by atoms with Crippen molar-refractivity contribution in [1.29, 1.82) is 0 Å². The summed E-state index contributed by atoms with van der Waals surface area (Å²) in [6, 6.07) is 18.5. The molecule has 1 aromatic heterocycles. The molecule has 0 saturated heterocycles. The van der Waals surface area contributed by atoms with E-state index in [-0.39, 0.29) is 5.91 Å². The highest BCUT2D eigenvalue weighted by Crippen LogP contribution is 2.16. The van der Waals surface area contributed by atoms with Crippen molar-refractivity contribution < 1.29 is 9.53 Å². The second-order valence-electron chi connectivity index (χ2n) is 5.92. The summed E-state index contributed by atoms with van der Waals surface area (Å²) in [5, 5.41) is 6.84. The number of nitrogens with zero attached hydrogens (tertiary/aromatic N) is 1. The van der Waals surface area contributed by atoms with Gasteiger partial charge in [-0.3, -0.25) is 4.79 Å². The van der Waals surface area contributed by atoms with Crippen LogP contribution in [0.4, 0.5) is 11.4 Å². The van der Waals surface area contributed by atoms with Gasteiger partial charge in [0.2, 0.25) is 0 Å². The van der Waals surface area contributed by atoms with Crippen LogP contribution in [0.3, 0.4) is 0 Å². The molecule has 0 unspecified atom stereocenters. The average Bonchev–Trinajstić information content (AvgIpc) is 2.69. The van der Waals surface area contributed by atoms with Crippen LogP contribution in [0.25, 0.3) is 0 Å². The topological polar surface area (TPSA) is 63.2 Å². The third-order valence-electron chi connectivity index (χ3n) is 3.98. The maximum atomic E-state index is 12.3. The molecule has 0 spiro atoms. The number of carbonyl (C=O) groups is 1. The summed E-state index contributed by atoms with van der Waals surface area (Å²) in [6.07, 6.45) is 2.50. The van der Waals surface area contributed by atoms with Crippen molar-refractivity contribution in [3.05, 3.63) is 83.1 Å². The summed E-state index contributed by atoms with van der Waals surface area (Å²) in [4.78, 5) is 16.5. The Balaban J connectivity index is 1.52. The van der Waals surface area contributed by atoms with Crippen LogP contribution in [0.1, 0.15) is 16.1 Å². The van der Waals surface area contributed by atoms with Crippen molar-refractivity contribution in [3.8, 4) is 5.75 Å². The fraction of sp³-hybridized carbons (Fsp3) is 0.143. The summed E-state index contributed by atoms with van der Waals surface area (Å²) < 4.78 is 5.10. The van der Waals surface area contributed by atoms with Crippen LogP contribution in [0.2, 0.25) is 5.02 Å². The van der Waals surface area contributed by atoms with Crippen molar-refractivity contribution in [2.24, 2.45) is 0 Å². The van der Waals surface area contributed by atoms with Crippen molar-refractivity contribution in [3.63, 3.8) is 0 Å². The third-order valence-corrected chi connectivity index (χ3v) is 4.21. The smallest absolute Gasteiger partial charge is 0.274 e. The van der Waals surface area contributed by atoms with Crippen molar-refractivity contribution >= 4 is 28.9 Å². The van der Waals surface area contributed by atoms with E-state index in [0.29, 0.717) is 11.4 Å².